The van der Waals surface area contributed by atoms with Crippen LogP contribution in [0.3, 0.4) is 0 Å². The average molecular weight is 550 g/mol. The Morgan fingerprint density at radius 3 is 2.50 bits per heavy atom. The predicted octanol–water partition coefficient (Wildman–Crippen LogP) is 2.93. The van der Waals surface area contributed by atoms with Crippen LogP contribution in [-0.4, -0.2) is 43.5 Å². The molecular weight excluding hydrogens is 515 g/mol. The summed E-state index contributed by atoms with van der Waals surface area (Å²) in [4.78, 5) is 22.6. The molecule has 1 aromatic carbocycles. The molecule has 8 heteroatoms. The van der Waals surface area contributed by atoms with Crippen LogP contribution in [0.2, 0.25) is 0 Å². The van der Waals surface area contributed by atoms with Crippen LogP contribution in [0.5, 0.6) is 0 Å². The molecular formula is C24H35IN6O. The number of aliphatic imine (C=N–C) groups is 1. The number of amides is 1. The highest BCUT2D eigenvalue weighted by Gasteiger charge is 2.24. The Bertz CT molecular complexity index is 904. The molecule has 0 radical (unpaired) electrons. The van der Waals surface area contributed by atoms with Gasteiger partial charge in [0.2, 0.25) is 5.91 Å². The Morgan fingerprint density at radius 2 is 1.88 bits per heavy atom. The van der Waals surface area contributed by atoms with E-state index in [0.717, 1.165) is 56.2 Å². The van der Waals surface area contributed by atoms with E-state index in [9.17, 15) is 4.79 Å². The molecule has 7 nitrogen and oxygen atoms in total. The number of pyridine rings is 1. The van der Waals surface area contributed by atoms with Crippen molar-refractivity contribution in [2.24, 2.45) is 16.6 Å². The van der Waals surface area contributed by atoms with E-state index < -0.39 is 0 Å². The fourth-order valence-corrected chi connectivity index (χ4v) is 4.17. The van der Waals surface area contributed by atoms with E-state index in [1.54, 1.807) is 7.05 Å². The lowest BCUT2D eigenvalue weighted by molar-refractivity contribution is -0.122. The van der Waals surface area contributed by atoms with Gasteiger partial charge in [0.1, 0.15) is 5.82 Å². The quantitative estimate of drug-likeness (QED) is 0.280. The van der Waals surface area contributed by atoms with E-state index in [1.807, 2.05) is 12.3 Å². The number of piperidine rings is 1. The number of aromatic nitrogens is 1. The van der Waals surface area contributed by atoms with Crippen molar-refractivity contribution in [2.75, 3.05) is 31.6 Å². The second kappa shape index (κ2) is 12.6. The molecule has 1 fully saturated rings. The lowest BCUT2D eigenvalue weighted by Crippen LogP contribution is -2.40. The van der Waals surface area contributed by atoms with Gasteiger partial charge in [-0.15, -0.1) is 24.0 Å². The minimum Gasteiger partial charge on any atom is -0.369 e. The van der Waals surface area contributed by atoms with Gasteiger partial charge in [-0.05, 0) is 44.7 Å². The molecule has 2 heterocycles. The Labute approximate surface area is 208 Å². The molecule has 32 heavy (non-hydrogen) atoms. The molecule has 0 atom stereocenters. The molecule has 174 valence electrons. The fraction of sp³-hybridized carbons (Fsp3) is 0.458. The molecule has 0 aliphatic carbocycles. The van der Waals surface area contributed by atoms with E-state index in [2.05, 4.69) is 63.6 Å². The number of primary amides is 1. The number of halogens is 1. The SMILES string of the molecule is CN=C(NCCc1cc(C)cc(C)c1)NCc1cccnc1N1CCC(C(N)=O)CC1.I. The molecule has 3 rings (SSSR count). The number of guanidine groups is 1. The summed E-state index contributed by atoms with van der Waals surface area (Å²) >= 11 is 0. The maximum absolute atomic E-state index is 11.4. The predicted molar refractivity (Wildman–Crippen MR) is 142 cm³/mol. The van der Waals surface area contributed by atoms with Crippen molar-refractivity contribution >= 4 is 41.7 Å². The van der Waals surface area contributed by atoms with Crippen LogP contribution in [0.4, 0.5) is 5.82 Å². The highest BCUT2D eigenvalue weighted by molar-refractivity contribution is 14.0. The molecule has 0 bridgehead atoms. The number of nitrogens with two attached hydrogens (primary N) is 1. The zero-order valence-electron chi connectivity index (χ0n) is 19.2. The van der Waals surface area contributed by atoms with Gasteiger partial charge in [0.05, 0.1) is 0 Å². The number of benzene rings is 1. The van der Waals surface area contributed by atoms with Gasteiger partial charge in [0, 0.05) is 50.9 Å². The first-order valence-corrected chi connectivity index (χ1v) is 11.0. The molecule has 0 saturated carbocycles. The van der Waals surface area contributed by atoms with Crippen LogP contribution >= 0.6 is 24.0 Å². The fourth-order valence-electron chi connectivity index (χ4n) is 4.17. The van der Waals surface area contributed by atoms with E-state index in [1.165, 1.54) is 16.7 Å². The largest absolute Gasteiger partial charge is 0.369 e. The zero-order chi connectivity index (χ0) is 22.2. The van der Waals surface area contributed by atoms with Crippen molar-refractivity contribution in [1.29, 1.82) is 0 Å². The third kappa shape index (κ3) is 7.36. The highest BCUT2D eigenvalue weighted by atomic mass is 127. The summed E-state index contributed by atoms with van der Waals surface area (Å²) in [5.41, 5.74) is 10.5. The maximum atomic E-state index is 11.4. The second-order valence-electron chi connectivity index (χ2n) is 8.25. The minimum absolute atomic E-state index is 0. The lowest BCUT2D eigenvalue weighted by atomic mass is 9.96. The van der Waals surface area contributed by atoms with Crippen molar-refractivity contribution in [3.05, 3.63) is 58.8 Å². The summed E-state index contributed by atoms with van der Waals surface area (Å²) in [5, 5.41) is 6.80. The van der Waals surface area contributed by atoms with Crippen molar-refractivity contribution < 1.29 is 4.79 Å². The number of nitrogens with one attached hydrogen (secondary N) is 2. The third-order valence-corrected chi connectivity index (χ3v) is 5.72. The minimum atomic E-state index is -0.196. The standard InChI is InChI=1S/C24H34N6O.HI/c1-17-13-18(2)15-19(14-17)6-10-28-24(26-3)29-16-21-5-4-9-27-23(21)30-11-7-20(8-12-30)22(25)31;/h4-5,9,13-15,20H,6-8,10-12,16H2,1-3H3,(H2,25,31)(H2,26,28,29);1H. The average Bonchev–Trinajstić information content (AvgIpc) is 2.75. The molecule has 0 spiro atoms. The molecule has 1 aromatic heterocycles. The van der Waals surface area contributed by atoms with E-state index in [4.69, 9.17) is 5.73 Å². The summed E-state index contributed by atoms with van der Waals surface area (Å²) < 4.78 is 0. The number of carbonyl (C=O) groups excluding carboxylic acids is 1. The van der Waals surface area contributed by atoms with Gasteiger partial charge >= 0.3 is 0 Å². The van der Waals surface area contributed by atoms with E-state index >= 15 is 0 Å². The van der Waals surface area contributed by atoms with E-state index in [0.29, 0.717) is 6.54 Å². The monoisotopic (exact) mass is 550 g/mol. The first-order chi connectivity index (χ1) is 15.0. The Kier molecular flexibility index (Phi) is 10.2. The number of aryl methyl sites for hydroxylation is 2. The van der Waals surface area contributed by atoms with Gasteiger partial charge in [-0.1, -0.05) is 35.4 Å². The van der Waals surface area contributed by atoms with Crippen molar-refractivity contribution in [2.45, 2.75) is 39.7 Å². The topological polar surface area (TPSA) is 95.6 Å². The Hall–Kier alpha value is -2.36. The third-order valence-electron chi connectivity index (χ3n) is 5.72. The molecule has 4 N–H and O–H groups in total. The van der Waals surface area contributed by atoms with Gasteiger partial charge in [-0.25, -0.2) is 4.98 Å². The number of rotatable bonds is 7. The normalized spacial score (nSPS) is 14.6. The first-order valence-electron chi connectivity index (χ1n) is 11.0. The van der Waals surface area contributed by atoms with Gasteiger partial charge in [-0.2, -0.15) is 0 Å². The summed E-state index contributed by atoms with van der Waals surface area (Å²) in [7, 11) is 1.78. The summed E-state index contributed by atoms with van der Waals surface area (Å²) in [6.07, 6.45) is 4.31. The zero-order valence-corrected chi connectivity index (χ0v) is 21.6. The lowest BCUT2D eigenvalue weighted by Gasteiger charge is -2.32. The second-order valence-corrected chi connectivity index (χ2v) is 8.25. The summed E-state index contributed by atoms with van der Waals surface area (Å²) in [5.74, 6) is 1.51. The summed E-state index contributed by atoms with van der Waals surface area (Å²) in [6, 6.07) is 10.7. The molecule has 1 saturated heterocycles. The van der Waals surface area contributed by atoms with Crippen LogP contribution in [-0.2, 0) is 17.8 Å². The molecule has 1 amide bonds. The van der Waals surface area contributed by atoms with Crippen LogP contribution in [0.15, 0.2) is 41.5 Å². The van der Waals surface area contributed by atoms with Crippen LogP contribution < -0.4 is 21.3 Å². The first kappa shape index (κ1) is 25.9. The highest BCUT2D eigenvalue weighted by Crippen LogP contribution is 2.24. The van der Waals surface area contributed by atoms with Crippen molar-refractivity contribution in [3.63, 3.8) is 0 Å². The molecule has 1 aliphatic heterocycles. The summed E-state index contributed by atoms with van der Waals surface area (Å²) in [6.45, 7) is 7.28. The molecule has 1 aliphatic rings. The van der Waals surface area contributed by atoms with E-state index in [-0.39, 0.29) is 35.8 Å². The number of hydrogen-bond donors (Lipinski definition) is 3. The number of anilines is 1. The molecule has 2 aromatic rings. The smallest absolute Gasteiger partial charge is 0.220 e. The number of carbonyl (C=O) groups is 1. The number of hydrogen-bond acceptors (Lipinski definition) is 4. The van der Waals surface area contributed by atoms with Gasteiger partial charge in [0.25, 0.3) is 0 Å². The Morgan fingerprint density at radius 1 is 1.19 bits per heavy atom. The molecule has 0 unspecified atom stereocenters. The van der Waals surface area contributed by atoms with Gasteiger partial charge in [-0.3, -0.25) is 9.79 Å². The van der Waals surface area contributed by atoms with Gasteiger partial charge in [0.15, 0.2) is 5.96 Å². The maximum Gasteiger partial charge on any atom is 0.220 e. The van der Waals surface area contributed by atoms with Crippen molar-refractivity contribution in [1.82, 2.24) is 15.6 Å². The number of nitrogens with zero attached hydrogens (tertiary/aromatic N) is 3. The van der Waals surface area contributed by atoms with Crippen LogP contribution in [0.1, 0.15) is 35.1 Å². The van der Waals surface area contributed by atoms with Crippen LogP contribution in [0, 0.1) is 19.8 Å². The van der Waals surface area contributed by atoms with Gasteiger partial charge < -0.3 is 21.3 Å². The Balaban J connectivity index is 0.00000363. The van der Waals surface area contributed by atoms with Crippen LogP contribution in [0.25, 0.3) is 0 Å². The van der Waals surface area contributed by atoms with Crippen molar-refractivity contribution in [3.8, 4) is 0 Å².